The molecule has 0 atom stereocenters. The molecule has 0 aromatic heterocycles. The van der Waals surface area contributed by atoms with E-state index in [-0.39, 0.29) is 12.4 Å². The molecule has 2 nitrogen and oxygen atoms in total. The molecule has 3 aromatic rings. The normalized spacial score (nSPS) is 10.3. The smallest absolute Gasteiger partial charge is 0.200 e. The highest BCUT2D eigenvalue weighted by molar-refractivity contribution is 5.97. The van der Waals surface area contributed by atoms with E-state index in [0.29, 0.717) is 11.3 Å². The number of Topliss-reactive ketones (excluding diaryl/α,β-unsaturated/α-hetero) is 1. The van der Waals surface area contributed by atoms with E-state index in [0.717, 1.165) is 6.42 Å². The Balaban J connectivity index is 1.56. The molecule has 0 radical (unpaired) electrons. The Labute approximate surface area is 136 Å². The van der Waals surface area contributed by atoms with Crippen LogP contribution in [0.25, 0.3) is 0 Å². The van der Waals surface area contributed by atoms with Gasteiger partial charge in [-0.3, -0.25) is 4.79 Å². The fraction of sp³-hybridized carbons (Fsp3) is 0.0952. The number of ether oxygens (including phenoxy) is 1. The number of hydrogen-bond donors (Lipinski definition) is 0. The van der Waals surface area contributed by atoms with Crippen LogP contribution in [0.5, 0.6) is 5.75 Å². The third-order valence-corrected chi connectivity index (χ3v) is 3.64. The van der Waals surface area contributed by atoms with Crippen molar-refractivity contribution in [2.45, 2.75) is 6.42 Å². The van der Waals surface area contributed by atoms with Crippen LogP contribution in [0.1, 0.15) is 21.5 Å². The molecule has 0 spiro atoms. The van der Waals surface area contributed by atoms with Crippen molar-refractivity contribution in [1.82, 2.24) is 0 Å². The van der Waals surface area contributed by atoms with Crippen LogP contribution in [0.4, 0.5) is 0 Å². The van der Waals surface area contributed by atoms with Gasteiger partial charge in [-0.15, -0.1) is 0 Å². The largest absolute Gasteiger partial charge is 0.485 e. The van der Waals surface area contributed by atoms with Crippen LogP contribution in [0.2, 0.25) is 0 Å². The molecule has 0 saturated heterocycles. The zero-order valence-corrected chi connectivity index (χ0v) is 12.8. The molecule has 0 aliphatic carbocycles. The molecule has 0 saturated carbocycles. The highest BCUT2D eigenvalue weighted by Crippen LogP contribution is 2.15. The molecule has 0 N–H and O–H groups in total. The van der Waals surface area contributed by atoms with Gasteiger partial charge in [0.2, 0.25) is 0 Å². The predicted molar refractivity (Wildman–Crippen MR) is 92.0 cm³/mol. The van der Waals surface area contributed by atoms with Crippen LogP contribution in [0.3, 0.4) is 0 Å². The summed E-state index contributed by atoms with van der Waals surface area (Å²) in [6, 6.07) is 27.4. The molecule has 2 heteroatoms. The van der Waals surface area contributed by atoms with E-state index < -0.39 is 0 Å². The van der Waals surface area contributed by atoms with Gasteiger partial charge in [-0.05, 0) is 29.7 Å². The maximum Gasteiger partial charge on any atom is 0.200 e. The molecule has 0 unspecified atom stereocenters. The molecular formula is C21H18O2. The zero-order valence-electron chi connectivity index (χ0n) is 12.8. The minimum Gasteiger partial charge on any atom is -0.485 e. The van der Waals surface area contributed by atoms with Crippen molar-refractivity contribution in [2.24, 2.45) is 0 Å². The van der Waals surface area contributed by atoms with Crippen LogP contribution in [-0.4, -0.2) is 12.4 Å². The lowest BCUT2D eigenvalue weighted by Crippen LogP contribution is -2.11. The van der Waals surface area contributed by atoms with Gasteiger partial charge >= 0.3 is 0 Å². The molecule has 0 fully saturated rings. The topological polar surface area (TPSA) is 26.3 Å². The lowest BCUT2D eigenvalue weighted by atomic mass is 10.1. The van der Waals surface area contributed by atoms with E-state index in [1.165, 1.54) is 11.1 Å². The Morgan fingerprint density at radius 2 is 1.26 bits per heavy atom. The lowest BCUT2D eigenvalue weighted by Gasteiger charge is -2.07. The van der Waals surface area contributed by atoms with Gasteiger partial charge in [-0.25, -0.2) is 0 Å². The summed E-state index contributed by atoms with van der Waals surface area (Å²) < 4.78 is 5.58. The molecular weight excluding hydrogens is 284 g/mol. The van der Waals surface area contributed by atoms with Crippen molar-refractivity contribution in [2.75, 3.05) is 6.61 Å². The highest BCUT2D eigenvalue weighted by Gasteiger charge is 2.06. The Morgan fingerprint density at radius 1 is 0.696 bits per heavy atom. The standard InChI is InChI=1S/C21H18O2/c22-21(19-9-5-2-6-10-19)16-23-20-13-11-18(12-14-20)15-17-7-3-1-4-8-17/h1-14H,15-16H2. The molecule has 0 aliphatic rings. The first-order valence-corrected chi connectivity index (χ1v) is 7.65. The van der Waals surface area contributed by atoms with Crippen LogP contribution in [-0.2, 0) is 6.42 Å². The van der Waals surface area contributed by atoms with Gasteiger partial charge in [0.05, 0.1) is 0 Å². The lowest BCUT2D eigenvalue weighted by molar-refractivity contribution is 0.0921. The van der Waals surface area contributed by atoms with Crippen molar-refractivity contribution in [3.05, 3.63) is 102 Å². The Hall–Kier alpha value is -2.87. The first-order chi connectivity index (χ1) is 11.3. The highest BCUT2D eigenvalue weighted by atomic mass is 16.5. The average molecular weight is 302 g/mol. The fourth-order valence-electron chi connectivity index (χ4n) is 2.39. The summed E-state index contributed by atoms with van der Waals surface area (Å²) in [5.41, 5.74) is 3.17. The van der Waals surface area contributed by atoms with Gasteiger partial charge in [0.25, 0.3) is 0 Å². The second kappa shape index (κ2) is 7.41. The van der Waals surface area contributed by atoms with E-state index >= 15 is 0 Å². The van der Waals surface area contributed by atoms with E-state index in [9.17, 15) is 4.79 Å². The summed E-state index contributed by atoms with van der Waals surface area (Å²) in [6.45, 7) is 0.0576. The molecule has 3 rings (SSSR count). The van der Waals surface area contributed by atoms with Crippen molar-refractivity contribution in [3.8, 4) is 5.75 Å². The summed E-state index contributed by atoms with van der Waals surface area (Å²) >= 11 is 0. The van der Waals surface area contributed by atoms with Gasteiger partial charge in [-0.1, -0.05) is 72.8 Å². The van der Waals surface area contributed by atoms with Crippen molar-refractivity contribution < 1.29 is 9.53 Å². The summed E-state index contributed by atoms with van der Waals surface area (Å²) in [5, 5.41) is 0. The Morgan fingerprint density at radius 3 is 1.91 bits per heavy atom. The van der Waals surface area contributed by atoms with E-state index in [4.69, 9.17) is 4.74 Å². The average Bonchev–Trinajstić information content (AvgIpc) is 2.62. The molecule has 0 bridgehead atoms. The number of carbonyl (C=O) groups is 1. The minimum atomic E-state index is -0.0148. The third kappa shape index (κ3) is 4.30. The van der Waals surface area contributed by atoms with Gasteiger partial charge in [0, 0.05) is 5.56 Å². The quantitative estimate of drug-likeness (QED) is 0.625. The molecule has 23 heavy (non-hydrogen) atoms. The summed E-state index contributed by atoms with van der Waals surface area (Å²) in [4.78, 5) is 12.0. The molecule has 114 valence electrons. The zero-order chi connectivity index (χ0) is 15.9. The Kier molecular flexibility index (Phi) is 4.85. The van der Waals surface area contributed by atoms with Gasteiger partial charge < -0.3 is 4.74 Å². The minimum absolute atomic E-state index is 0.0148. The fourth-order valence-corrected chi connectivity index (χ4v) is 2.39. The van der Waals surface area contributed by atoms with Gasteiger partial charge in [-0.2, -0.15) is 0 Å². The second-order valence-corrected chi connectivity index (χ2v) is 5.38. The number of benzene rings is 3. The van der Waals surface area contributed by atoms with Crippen LogP contribution in [0.15, 0.2) is 84.9 Å². The summed E-state index contributed by atoms with van der Waals surface area (Å²) in [7, 11) is 0. The van der Waals surface area contributed by atoms with E-state index in [2.05, 4.69) is 12.1 Å². The maximum atomic E-state index is 12.0. The number of hydrogen-bond acceptors (Lipinski definition) is 2. The summed E-state index contributed by atoms with van der Waals surface area (Å²) in [5.74, 6) is 0.699. The van der Waals surface area contributed by atoms with Crippen LogP contribution >= 0.6 is 0 Å². The van der Waals surface area contributed by atoms with E-state index in [1.807, 2.05) is 60.7 Å². The van der Waals surface area contributed by atoms with Crippen molar-refractivity contribution in [3.63, 3.8) is 0 Å². The summed E-state index contributed by atoms with van der Waals surface area (Å²) in [6.07, 6.45) is 0.893. The van der Waals surface area contributed by atoms with Gasteiger partial charge in [0.1, 0.15) is 5.75 Å². The molecule has 0 heterocycles. The molecule has 3 aromatic carbocycles. The monoisotopic (exact) mass is 302 g/mol. The van der Waals surface area contributed by atoms with E-state index in [1.54, 1.807) is 12.1 Å². The maximum absolute atomic E-state index is 12.0. The van der Waals surface area contributed by atoms with Crippen molar-refractivity contribution >= 4 is 5.78 Å². The van der Waals surface area contributed by atoms with Crippen LogP contribution < -0.4 is 4.74 Å². The van der Waals surface area contributed by atoms with Crippen LogP contribution in [0, 0.1) is 0 Å². The number of ketones is 1. The van der Waals surface area contributed by atoms with Gasteiger partial charge in [0.15, 0.2) is 12.4 Å². The second-order valence-electron chi connectivity index (χ2n) is 5.38. The third-order valence-electron chi connectivity index (χ3n) is 3.64. The first-order valence-electron chi connectivity index (χ1n) is 7.65. The number of rotatable bonds is 6. The SMILES string of the molecule is O=C(COc1ccc(Cc2ccccc2)cc1)c1ccccc1. The van der Waals surface area contributed by atoms with Crippen molar-refractivity contribution in [1.29, 1.82) is 0 Å². The number of carbonyl (C=O) groups excluding carboxylic acids is 1. The molecule has 0 aliphatic heterocycles. The predicted octanol–water partition coefficient (Wildman–Crippen LogP) is 4.54. The first kappa shape index (κ1) is 15.0. The molecule has 0 amide bonds. The Bertz CT molecular complexity index is 747.